The van der Waals surface area contributed by atoms with Crippen molar-refractivity contribution >= 4 is 62.1 Å². The number of ether oxygens (including phenoxy) is 1. The van der Waals surface area contributed by atoms with E-state index in [1.807, 2.05) is 31.2 Å². The number of nitrogens with one attached hydrogen (secondary N) is 1. The zero-order valence-electron chi connectivity index (χ0n) is 14.3. The van der Waals surface area contributed by atoms with Gasteiger partial charge in [0.25, 0.3) is 5.91 Å². The first kappa shape index (κ1) is 19.6. The first-order chi connectivity index (χ1) is 13.0. The molecule has 0 radical (unpaired) electrons. The highest BCUT2D eigenvalue weighted by molar-refractivity contribution is 9.10. The fraction of sp³-hybridized carbons (Fsp3) is 0.100. The van der Waals surface area contributed by atoms with Gasteiger partial charge in [0.05, 0.1) is 10.6 Å². The highest BCUT2D eigenvalue weighted by Gasteiger charge is 2.24. The molecule has 1 amide bonds. The van der Waals surface area contributed by atoms with Gasteiger partial charge in [-0.3, -0.25) is 4.79 Å². The third-order valence-corrected chi connectivity index (χ3v) is 5.49. The van der Waals surface area contributed by atoms with Crippen LogP contribution in [0.4, 0.5) is 5.69 Å². The van der Waals surface area contributed by atoms with Gasteiger partial charge in [0.15, 0.2) is 5.17 Å². The molecule has 7 heteroatoms. The number of thioether (sulfide) groups is 1. The molecule has 0 unspecified atom stereocenters. The molecule has 0 saturated carbocycles. The summed E-state index contributed by atoms with van der Waals surface area (Å²) in [6.07, 6.45) is 7.02. The Balaban J connectivity index is 1.90. The van der Waals surface area contributed by atoms with Gasteiger partial charge in [0.1, 0.15) is 12.4 Å². The summed E-state index contributed by atoms with van der Waals surface area (Å²) in [5.41, 5.74) is 2.32. The van der Waals surface area contributed by atoms with Crippen molar-refractivity contribution in [2.24, 2.45) is 4.99 Å². The molecule has 1 N–H and O–H groups in total. The van der Waals surface area contributed by atoms with Crippen molar-refractivity contribution < 1.29 is 9.53 Å². The van der Waals surface area contributed by atoms with E-state index in [9.17, 15) is 4.79 Å². The lowest BCUT2D eigenvalue weighted by atomic mass is 10.2. The van der Waals surface area contributed by atoms with Crippen LogP contribution in [0.5, 0.6) is 5.75 Å². The van der Waals surface area contributed by atoms with Crippen LogP contribution in [0.15, 0.2) is 50.8 Å². The van der Waals surface area contributed by atoms with E-state index in [2.05, 4.69) is 32.2 Å². The second-order valence-electron chi connectivity index (χ2n) is 5.54. The fourth-order valence-corrected chi connectivity index (χ4v) is 3.71. The molecule has 0 bridgehead atoms. The van der Waals surface area contributed by atoms with Crippen LogP contribution in [0.25, 0.3) is 6.08 Å². The summed E-state index contributed by atoms with van der Waals surface area (Å²) < 4.78 is 6.42. The van der Waals surface area contributed by atoms with Crippen LogP contribution in [0.1, 0.15) is 11.1 Å². The van der Waals surface area contributed by atoms with Gasteiger partial charge in [-0.05, 0) is 60.7 Å². The Morgan fingerprint density at radius 3 is 3.00 bits per heavy atom. The Morgan fingerprint density at radius 2 is 2.22 bits per heavy atom. The quantitative estimate of drug-likeness (QED) is 0.495. The SMILES string of the molecule is C#CCOc1ccc(Br)cc1/C=C1\SC(=Nc2cccc(Cl)c2C)NC1=O. The summed E-state index contributed by atoms with van der Waals surface area (Å²) in [5, 5.41) is 3.90. The molecule has 27 heavy (non-hydrogen) atoms. The number of rotatable bonds is 4. The van der Waals surface area contributed by atoms with Crippen LogP contribution in [0, 0.1) is 19.3 Å². The number of nitrogens with zero attached hydrogens (tertiary/aromatic N) is 1. The fourth-order valence-electron chi connectivity index (χ4n) is 2.33. The number of benzene rings is 2. The zero-order valence-corrected chi connectivity index (χ0v) is 17.4. The van der Waals surface area contributed by atoms with Crippen molar-refractivity contribution in [3.8, 4) is 18.1 Å². The number of terminal acetylenes is 1. The average molecular weight is 462 g/mol. The van der Waals surface area contributed by atoms with Gasteiger partial charge in [0, 0.05) is 15.1 Å². The largest absolute Gasteiger partial charge is 0.480 e. The normalized spacial score (nSPS) is 16.4. The molecule has 2 aromatic carbocycles. The van der Waals surface area contributed by atoms with Crippen LogP contribution in [0.2, 0.25) is 5.02 Å². The molecule has 0 atom stereocenters. The van der Waals surface area contributed by atoms with E-state index in [0.717, 1.165) is 15.6 Å². The van der Waals surface area contributed by atoms with E-state index in [0.29, 0.717) is 26.5 Å². The van der Waals surface area contributed by atoms with Crippen molar-refractivity contribution in [3.63, 3.8) is 0 Å². The standard InChI is InChI=1S/C20H14BrClN2O2S/c1-3-9-26-17-8-7-14(21)10-13(17)11-18-19(25)24-20(27-18)23-16-6-4-5-15(22)12(16)2/h1,4-8,10-11H,9H2,2H3,(H,23,24,25)/b18-11-. The van der Waals surface area contributed by atoms with Gasteiger partial charge in [-0.15, -0.1) is 6.42 Å². The number of hydrogen-bond acceptors (Lipinski definition) is 4. The third kappa shape index (κ3) is 4.75. The maximum atomic E-state index is 12.3. The van der Waals surface area contributed by atoms with Gasteiger partial charge in [-0.1, -0.05) is 39.5 Å². The van der Waals surface area contributed by atoms with Crippen molar-refractivity contribution in [1.82, 2.24) is 5.32 Å². The number of carbonyl (C=O) groups excluding carboxylic acids is 1. The first-order valence-corrected chi connectivity index (χ1v) is 9.87. The lowest BCUT2D eigenvalue weighted by Gasteiger charge is -2.07. The Labute approximate surface area is 175 Å². The van der Waals surface area contributed by atoms with Gasteiger partial charge in [-0.2, -0.15) is 0 Å². The second-order valence-corrected chi connectivity index (χ2v) is 7.89. The highest BCUT2D eigenvalue weighted by Crippen LogP contribution is 2.33. The maximum absolute atomic E-state index is 12.3. The van der Waals surface area contributed by atoms with Crippen molar-refractivity contribution in [1.29, 1.82) is 0 Å². The monoisotopic (exact) mass is 460 g/mol. The number of aliphatic imine (C=N–C) groups is 1. The number of amides is 1. The molecule has 136 valence electrons. The Bertz CT molecular complexity index is 1010. The van der Waals surface area contributed by atoms with E-state index in [4.69, 9.17) is 22.8 Å². The van der Waals surface area contributed by atoms with Gasteiger partial charge in [-0.25, -0.2) is 4.99 Å². The molecule has 4 nitrogen and oxygen atoms in total. The van der Waals surface area contributed by atoms with Crippen LogP contribution in [0.3, 0.4) is 0 Å². The summed E-state index contributed by atoms with van der Waals surface area (Å²) in [5.74, 6) is 2.82. The van der Waals surface area contributed by atoms with E-state index in [1.54, 1.807) is 18.2 Å². The Hall–Kier alpha value is -2.20. The van der Waals surface area contributed by atoms with Crippen molar-refractivity contribution in [2.45, 2.75) is 6.92 Å². The summed E-state index contributed by atoms with van der Waals surface area (Å²) in [7, 11) is 0. The molecule has 0 aromatic heterocycles. The van der Waals surface area contributed by atoms with Gasteiger partial charge >= 0.3 is 0 Å². The first-order valence-electron chi connectivity index (χ1n) is 7.88. The number of carbonyl (C=O) groups is 1. The molecule has 0 aliphatic carbocycles. The molecule has 3 rings (SSSR count). The highest BCUT2D eigenvalue weighted by atomic mass is 79.9. The number of amidine groups is 1. The number of hydrogen-bond donors (Lipinski definition) is 1. The topological polar surface area (TPSA) is 50.7 Å². The van der Waals surface area contributed by atoms with Gasteiger partial charge < -0.3 is 10.1 Å². The van der Waals surface area contributed by atoms with Crippen LogP contribution >= 0.6 is 39.3 Å². The van der Waals surface area contributed by atoms with E-state index < -0.39 is 0 Å². The minimum absolute atomic E-state index is 0.151. The summed E-state index contributed by atoms with van der Waals surface area (Å²) in [6, 6.07) is 11.0. The molecule has 0 spiro atoms. The minimum Gasteiger partial charge on any atom is -0.480 e. The summed E-state index contributed by atoms with van der Waals surface area (Å²) in [6.45, 7) is 2.04. The molecule has 1 aliphatic heterocycles. The van der Waals surface area contributed by atoms with Crippen molar-refractivity contribution in [2.75, 3.05) is 6.61 Å². The lowest BCUT2D eigenvalue weighted by molar-refractivity contribution is -0.115. The Morgan fingerprint density at radius 1 is 1.41 bits per heavy atom. The molecule has 1 heterocycles. The number of halogens is 2. The molecule has 1 fully saturated rings. The van der Waals surface area contributed by atoms with Crippen LogP contribution < -0.4 is 10.1 Å². The predicted octanol–water partition coefficient (Wildman–Crippen LogP) is 5.31. The average Bonchev–Trinajstić information content (AvgIpc) is 2.97. The summed E-state index contributed by atoms with van der Waals surface area (Å²) in [4.78, 5) is 17.4. The second kappa shape index (κ2) is 8.66. The molecule has 1 saturated heterocycles. The van der Waals surface area contributed by atoms with Crippen LogP contribution in [-0.4, -0.2) is 17.7 Å². The molecule has 2 aromatic rings. The smallest absolute Gasteiger partial charge is 0.264 e. The third-order valence-electron chi connectivity index (χ3n) is 3.68. The van der Waals surface area contributed by atoms with E-state index in [-0.39, 0.29) is 12.5 Å². The zero-order chi connectivity index (χ0) is 19.4. The minimum atomic E-state index is -0.221. The van der Waals surface area contributed by atoms with Gasteiger partial charge in [0.2, 0.25) is 0 Å². The Kier molecular flexibility index (Phi) is 6.27. The maximum Gasteiger partial charge on any atom is 0.264 e. The predicted molar refractivity (Wildman–Crippen MR) is 115 cm³/mol. The molecule has 1 aliphatic rings. The van der Waals surface area contributed by atoms with Crippen molar-refractivity contribution in [3.05, 3.63) is 61.9 Å². The lowest BCUT2D eigenvalue weighted by Crippen LogP contribution is -2.19. The van der Waals surface area contributed by atoms with E-state index in [1.165, 1.54) is 11.8 Å². The molecular weight excluding hydrogens is 448 g/mol. The van der Waals surface area contributed by atoms with Crippen LogP contribution in [-0.2, 0) is 4.79 Å². The molecular formula is C20H14BrClN2O2S. The summed E-state index contributed by atoms with van der Waals surface area (Å²) >= 11 is 10.8. The van der Waals surface area contributed by atoms with E-state index >= 15 is 0 Å².